The number of benzene rings is 4. The van der Waals surface area contributed by atoms with Gasteiger partial charge >= 0.3 is 37.7 Å². The molecular weight excluding hydrogens is 865 g/mol. The molecule has 0 spiro atoms. The molecule has 13 heteroatoms. The summed E-state index contributed by atoms with van der Waals surface area (Å²) in [6, 6.07) is 20.8. The van der Waals surface area contributed by atoms with E-state index in [1.54, 1.807) is 42.5 Å². The van der Waals surface area contributed by atoms with E-state index < -0.39 is 20.2 Å². The molecule has 0 amide bonds. The van der Waals surface area contributed by atoms with Crippen LogP contribution in [0.5, 0.6) is 34.5 Å². The second-order valence-corrected chi connectivity index (χ2v) is 19.0. The third kappa shape index (κ3) is 24.3. The van der Waals surface area contributed by atoms with E-state index >= 15 is 0 Å². The van der Waals surface area contributed by atoms with Crippen LogP contribution in [-0.2, 0) is 33.1 Å². The summed E-state index contributed by atoms with van der Waals surface area (Å²) in [5, 5.41) is 21.7. The molecule has 0 heterocycles. The Bertz CT molecular complexity index is 1940. The van der Waals surface area contributed by atoms with Gasteiger partial charge in [0.25, 0.3) is 10.1 Å². The standard InChI is InChI=1S/2C25H36O5S.Ca/c2*1-2-3-4-5-6-7-8-9-10-11-12-14-21-19-22(26)17-18-25(21)30-23-15-13-16-24(20-23)31(27,28)29;/h2*13,15-20,26H,2-12,14H2,1H3,(H,27,28,29);/q;;+2/p-2. The molecule has 0 aromatic heterocycles. The minimum atomic E-state index is -4.55. The molecule has 0 aliphatic rings. The number of phenolic OH excluding ortho intramolecular Hbond substituents is 1. The van der Waals surface area contributed by atoms with Gasteiger partial charge in [0.2, 0.25) is 0 Å². The number of phenols is 1. The largest absolute Gasteiger partial charge is 2.00 e. The minimum absolute atomic E-state index is 0. The zero-order valence-electron chi connectivity index (χ0n) is 37.7. The van der Waals surface area contributed by atoms with Crippen LogP contribution < -0.4 is 14.6 Å². The van der Waals surface area contributed by atoms with Gasteiger partial charge in [0.05, 0.1) is 9.79 Å². The summed E-state index contributed by atoms with van der Waals surface area (Å²) in [6.07, 6.45) is 29.2. The number of aromatic hydroxyl groups is 1. The molecular formula is C50H70CaO10S2. The summed E-state index contributed by atoms with van der Waals surface area (Å²) >= 11 is 0. The fourth-order valence-corrected chi connectivity index (χ4v) is 8.34. The Morgan fingerprint density at radius 2 is 0.873 bits per heavy atom. The predicted octanol–water partition coefficient (Wildman–Crippen LogP) is 13.2. The van der Waals surface area contributed by atoms with E-state index in [4.69, 9.17) is 9.47 Å². The van der Waals surface area contributed by atoms with Gasteiger partial charge in [-0.2, -0.15) is 8.42 Å². The number of hydrogen-bond acceptors (Lipinski definition) is 9. The predicted molar refractivity (Wildman–Crippen MR) is 251 cm³/mol. The molecule has 4 aromatic carbocycles. The molecule has 0 aliphatic carbocycles. The molecule has 0 saturated heterocycles. The molecule has 4 aromatic rings. The van der Waals surface area contributed by atoms with E-state index in [0.717, 1.165) is 49.7 Å². The Morgan fingerprint density at radius 3 is 1.30 bits per heavy atom. The molecule has 4 rings (SSSR count). The van der Waals surface area contributed by atoms with Crippen LogP contribution in [-0.4, -0.2) is 68.8 Å². The van der Waals surface area contributed by atoms with E-state index in [0.29, 0.717) is 17.2 Å². The molecule has 0 aliphatic heterocycles. The van der Waals surface area contributed by atoms with Crippen molar-refractivity contribution in [3.63, 3.8) is 0 Å². The van der Waals surface area contributed by atoms with Crippen LogP contribution in [0.4, 0.5) is 0 Å². The first-order valence-electron chi connectivity index (χ1n) is 22.9. The first kappa shape index (κ1) is 56.3. The van der Waals surface area contributed by atoms with Crippen molar-refractivity contribution < 1.29 is 45.6 Å². The van der Waals surface area contributed by atoms with Crippen LogP contribution in [0.3, 0.4) is 0 Å². The zero-order chi connectivity index (χ0) is 45.1. The molecule has 0 atom stereocenters. The van der Waals surface area contributed by atoms with Gasteiger partial charge in [0, 0.05) is 6.07 Å². The quantitative estimate of drug-likeness (QED) is 0.0291. The van der Waals surface area contributed by atoms with Gasteiger partial charge < -0.3 is 24.2 Å². The van der Waals surface area contributed by atoms with Crippen LogP contribution in [0.2, 0.25) is 0 Å². The minimum Gasteiger partial charge on any atom is -0.872 e. The van der Waals surface area contributed by atoms with Gasteiger partial charge in [0.15, 0.2) is 0 Å². The van der Waals surface area contributed by atoms with E-state index in [-0.39, 0.29) is 64.8 Å². The van der Waals surface area contributed by atoms with Gasteiger partial charge in [-0.3, -0.25) is 4.55 Å². The molecule has 344 valence electrons. The van der Waals surface area contributed by atoms with Crippen LogP contribution in [0.25, 0.3) is 0 Å². The van der Waals surface area contributed by atoms with Gasteiger partial charge in [-0.1, -0.05) is 167 Å². The number of hydrogen-bond donors (Lipinski definition) is 2. The van der Waals surface area contributed by atoms with Crippen molar-refractivity contribution in [2.45, 2.75) is 178 Å². The Hall–Kier alpha value is -2.84. The number of ether oxygens (including phenoxy) is 2. The van der Waals surface area contributed by atoms with Crippen molar-refractivity contribution in [1.29, 1.82) is 0 Å². The normalized spacial score (nSPS) is 11.4. The average Bonchev–Trinajstić information content (AvgIpc) is 3.23. The summed E-state index contributed by atoms with van der Waals surface area (Å²) in [7, 11) is -8.84. The van der Waals surface area contributed by atoms with Crippen molar-refractivity contribution in [1.82, 2.24) is 0 Å². The molecule has 2 N–H and O–H groups in total. The maximum atomic E-state index is 11.8. The Kier molecular flexibility index (Phi) is 28.5. The van der Waals surface area contributed by atoms with E-state index in [9.17, 15) is 36.2 Å². The van der Waals surface area contributed by atoms with Crippen molar-refractivity contribution in [2.75, 3.05) is 0 Å². The van der Waals surface area contributed by atoms with Crippen LogP contribution in [0, 0.1) is 0 Å². The molecule has 10 nitrogen and oxygen atoms in total. The summed E-state index contributed by atoms with van der Waals surface area (Å²) in [4.78, 5) is -0.548. The summed E-state index contributed by atoms with van der Waals surface area (Å²) in [5.74, 6) is 1.78. The molecule has 0 unspecified atom stereocenters. The van der Waals surface area contributed by atoms with Crippen LogP contribution in [0.1, 0.15) is 166 Å². The van der Waals surface area contributed by atoms with Gasteiger partial charge in [0.1, 0.15) is 38.9 Å². The van der Waals surface area contributed by atoms with Crippen molar-refractivity contribution in [3.8, 4) is 34.5 Å². The summed E-state index contributed by atoms with van der Waals surface area (Å²) in [6.45, 7) is 4.48. The maximum absolute atomic E-state index is 11.8. The zero-order valence-corrected chi connectivity index (χ0v) is 41.6. The van der Waals surface area contributed by atoms with E-state index in [1.165, 1.54) is 158 Å². The van der Waals surface area contributed by atoms with Crippen LogP contribution >= 0.6 is 0 Å². The topological polar surface area (TPSA) is 173 Å². The first-order chi connectivity index (χ1) is 29.8. The van der Waals surface area contributed by atoms with Gasteiger partial charge in [-0.05, 0) is 91.4 Å². The van der Waals surface area contributed by atoms with Crippen molar-refractivity contribution in [3.05, 3.63) is 96.1 Å². The Labute approximate surface area is 408 Å². The third-order valence-corrected chi connectivity index (χ3v) is 12.5. The SMILES string of the molecule is CCCCCCCCCCCCCc1cc(O)ccc1Oc1cccc(S(=O)(=O)O)c1.CCCCCCCCCCCCCc1cc([O-])ccc1Oc1cccc(S(=O)(=O)[O-])c1.[Ca+2]. The monoisotopic (exact) mass is 934 g/mol. The van der Waals surface area contributed by atoms with E-state index in [2.05, 4.69) is 13.8 Å². The summed E-state index contributed by atoms with van der Waals surface area (Å²) < 4.78 is 77.3. The number of aryl methyl sites for hydroxylation is 2. The van der Waals surface area contributed by atoms with Crippen molar-refractivity contribution in [2.24, 2.45) is 0 Å². The smallest absolute Gasteiger partial charge is 0.872 e. The van der Waals surface area contributed by atoms with Gasteiger partial charge in [-0.25, -0.2) is 8.42 Å². The molecule has 0 saturated carbocycles. The average molecular weight is 935 g/mol. The fraction of sp³-hybridized carbons (Fsp3) is 0.520. The second kappa shape index (κ2) is 31.9. The summed E-state index contributed by atoms with van der Waals surface area (Å²) in [5.41, 5.74) is 1.69. The van der Waals surface area contributed by atoms with Crippen molar-refractivity contribution >= 4 is 58.0 Å². The number of unbranched alkanes of at least 4 members (excludes halogenated alkanes) is 20. The third-order valence-electron chi connectivity index (χ3n) is 10.8. The molecule has 0 fully saturated rings. The molecule has 63 heavy (non-hydrogen) atoms. The second-order valence-electron chi connectivity index (χ2n) is 16.2. The first-order valence-corrected chi connectivity index (χ1v) is 25.8. The maximum Gasteiger partial charge on any atom is 2.00 e. The molecule has 0 radical (unpaired) electrons. The Balaban J connectivity index is 0.000000427. The van der Waals surface area contributed by atoms with Crippen LogP contribution in [0.15, 0.2) is 94.7 Å². The fourth-order valence-electron chi connectivity index (χ4n) is 7.32. The molecule has 0 bridgehead atoms. The Morgan fingerprint density at radius 1 is 0.492 bits per heavy atom. The van der Waals surface area contributed by atoms with E-state index in [1.807, 2.05) is 0 Å². The van der Waals surface area contributed by atoms with Gasteiger partial charge in [-0.15, -0.1) is 5.75 Å². The number of rotatable bonds is 30.